The van der Waals surface area contributed by atoms with Crippen molar-refractivity contribution in [2.24, 2.45) is 0 Å². The highest BCUT2D eigenvalue weighted by Gasteiger charge is 2.19. The van der Waals surface area contributed by atoms with Crippen LogP contribution in [0.1, 0.15) is 278 Å². The fourth-order valence-electron chi connectivity index (χ4n) is 8.25. The molecule has 6 nitrogen and oxygen atoms in total. The second kappa shape index (κ2) is 57.2. The van der Waals surface area contributed by atoms with Crippen LogP contribution < -0.4 is 0 Å². The van der Waals surface area contributed by atoms with Crippen LogP contribution in [0.4, 0.5) is 0 Å². The summed E-state index contributed by atoms with van der Waals surface area (Å²) in [6, 6.07) is 0. The van der Waals surface area contributed by atoms with Crippen LogP contribution in [0.3, 0.4) is 0 Å². The van der Waals surface area contributed by atoms with Crippen molar-refractivity contribution in [3.05, 3.63) is 85.1 Å². The van der Waals surface area contributed by atoms with Crippen LogP contribution in [0.2, 0.25) is 0 Å². The summed E-state index contributed by atoms with van der Waals surface area (Å²) in [7, 11) is 0. The second-order valence-electron chi connectivity index (χ2n) is 19.4. The summed E-state index contributed by atoms with van der Waals surface area (Å²) in [5, 5.41) is 0. The quantitative estimate of drug-likeness (QED) is 0.0262. The molecule has 0 saturated carbocycles. The molecule has 1 unspecified atom stereocenters. The van der Waals surface area contributed by atoms with E-state index in [1.807, 2.05) is 66.8 Å². The largest absolute Gasteiger partial charge is 0.462 e. The Labute approximate surface area is 426 Å². The molecule has 0 aliphatic rings. The Kier molecular flexibility index (Phi) is 54.3. The number of carbonyl (C=O) groups excluding carboxylic acids is 3. The Balaban J connectivity index is 4.45. The number of ether oxygens (including phenoxy) is 3. The minimum absolute atomic E-state index is 0.0879. The third-order valence-electron chi connectivity index (χ3n) is 12.6. The summed E-state index contributed by atoms with van der Waals surface area (Å²) in [6.07, 6.45) is 74.2. The van der Waals surface area contributed by atoms with Gasteiger partial charge < -0.3 is 14.2 Å². The molecule has 0 radical (unpaired) electrons. The van der Waals surface area contributed by atoms with Gasteiger partial charge in [-0.25, -0.2) is 0 Å². The van der Waals surface area contributed by atoms with Crippen molar-refractivity contribution in [1.82, 2.24) is 0 Å². The zero-order valence-electron chi connectivity index (χ0n) is 45.3. The highest BCUT2D eigenvalue weighted by molar-refractivity contribution is 5.71. The van der Waals surface area contributed by atoms with Crippen LogP contribution in [0.5, 0.6) is 0 Å². The molecule has 69 heavy (non-hydrogen) atoms. The molecule has 396 valence electrons. The Morgan fingerprint density at radius 1 is 0.304 bits per heavy atom. The van der Waals surface area contributed by atoms with Crippen LogP contribution in [-0.2, 0) is 28.6 Å². The van der Waals surface area contributed by atoms with Gasteiger partial charge in [0.15, 0.2) is 6.10 Å². The van der Waals surface area contributed by atoms with Gasteiger partial charge in [0.05, 0.1) is 0 Å². The molecule has 1 atom stereocenters. The van der Waals surface area contributed by atoms with E-state index in [1.165, 1.54) is 167 Å². The Morgan fingerprint density at radius 3 is 0.884 bits per heavy atom. The summed E-state index contributed by atoms with van der Waals surface area (Å²) in [4.78, 5) is 38.2. The number of carbonyl (C=O) groups is 3. The van der Waals surface area contributed by atoms with Crippen LogP contribution >= 0.6 is 0 Å². The molecule has 0 spiro atoms. The smallest absolute Gasteiger partial charge is 0.306 e. The highest BCUT2D eigenvalue weighted by Crippen LogP contribution is 2.17. The maximum atomic E-state index is 12.9. The zero-order valence-corrected chi connectivity index (χ0v) is 45.3. The van der Waals surface area contributed by atoms with Gasteiger partial charge in [-0.05, 0) is 38.5 Å². The third kappa shape index (κ3) is 55.4. The van der Waals surface area contributed by atoms with Crippen LogP contribution in [-0.4, -0.2) is 37.2 Å². The minimum Gasteiger partial charge on any atom is -0.462 e. The molecule has 0 aromatic rings. The number of hydrogen-bond donors (Lipinski definition) is 0. The summed E-state index contributed by atoms with van der Waals surface area (Å²) in [5.74, 6) is -0.923. The highest BCUT2D eigenvalue weighted by atomic mass is 16.6. The SMILES string of the molecule is CC\C=C/C=C\C=C/C=C\C=C\C=C/C=C\CCCCCC(=O)OCC(COC(=O)CCCCCCCCCCCCCCCC)OC(=O)CCCCCCCCCCCCCCCCCCCC. The van der Waals surface area contributed by atoms with Gasteiger partial charge >= 0.3 is 17.9 Å². The Bertz CT molecular complexity index is 1330. The maximum Gasteiger partial charge on any atom is 0.306 e. The standard InChI is InChI=1S/C63H108O6/c1-4-7-10-13-16-19-22-25-28-30-32-34-35-38-41-44-47-50-53-56-62(65)68-59-60(58-67-61(64)55-52-49-46-43-40-37-27-24-21-18-15-12-9-6-3)69-63(66)57-54-51-48-45-42-39-36-33-31-29-26-23-20-17-14-11-8-5-2/h7,10,13,16,19,22,25,28,30,32,34-35,38,41,60H,4-6,8-9,11-12,14-15,17-18,20-21,23-24,26-27,29,31,33,36-37,39-40,42-59H2,1-3H3/b10-7-,16-13-,22-19-,28-25-,32-30+,35-34-,41-38-. The molecule has 0 rings (SSSR count). The lowest BCUT2D eigenvalue weighted by Crippen LogP contribution is -2.30. The van der Waals surface area contributed by atoms with Crippen molar-refractivity contribution in [3.63, 3.8) is 0 Å². The van der Waals surface area contributed by atoms with Gasteiger partial charge in [-0.15, -0.1) is 0 Å². The molecule has 0 aromatic heterocycles. The number of rotatable bonds is 52. The van der Waals surface area contributed by atoms with Gasteiger partial charge in [-0.1, -0.05) is 305 Å². The molecular weight excluding hydrogens is 853 g/mol. The molecule has 0 saturated heterocycles. The van der Waals surface area contributed by atoms with Gasteiger partial charge in [-0.2, -0.15) is 0 Å². The van der Waals surface area contributed by atoms with E-state index in [0.717, 1.165) is 70.6 Å². The second-order valence-corrected chi connectivity index (χ2v) is 19.4. The average Bonchev–Trinajstić information content (AvgIpc) is 3.35. The molecule has 0 aliphatic heterocycles. The lowest BCUT2D eigenvalue weighted by atomic mass is 10.0. The molecule has 0 bridgehead atoms. The van der Waals surface area contributed by atoms with E-state index in [-0.39, 0.29) is 31.1 Å². The Hall–Kier alpha value is -3.41. The summed E-state index contributed by atoms with van der Waals surface area (Å²) in [6.45, 7) is 6.49. The molecule has 0 heterocycles. The van der Waals surface area contributed by atoms with Gasteiger partial charge in [0.25, 0.3) is 0 Å². The van der Waals surface area contributed by atoms with E-state index in [4.69, 9.17) is 14.2 Å². The van der Waals surface area contributed by atoms with Crippen LogP contribution in [0.25, 0.3) is 0 Å². The van der Waals surface area contributed by atoms with Gasteiger partial charge in [-0.3, -0.25) is 14.4 Å². The summed E-state index contributed by atoms with van der Waals surface area (Å²) in [5.41, 5.74) is 0. The van der Waals surface area contributed by atoms with Crippen molar-refractivity contribution >= 4 is 17.9 Å². The predicted molar refractivity (Wildman–Crippen MR) is 297 cm³/mol. The predicted octanol–water partition coefficient (Wildman–Crippen LogP) is 19.5. The van der Waals surface area contributed by atoms with Crippen molar-refractivity contribution in [2.45, 2.75) is 284 Å². The lowest BCUT2D eigenvalue weighted by molar-refractivity contribution is -0.167. The van der Waals surface area contributed by atoms with Crippen LogP contribution in [0, 0.1) is 0 Å². The lowest BCUT2D eigenvalue weighted by Gasteiger charge is -2.18. The summed E-state index contributed by atoms with van der Waals surface area (Å²) >= 11 is 0. The number of esters is 3. The normalized spacial score (nSPS) is 12.7. The molecular formula is C63H108O6. The van der Waals surface area contributed by atoms with E-state index in [0.29, 0.717) is 19.3 Å². The van der Waals surface area contributed by atoms with Crippen molar-refractivity contribution < 1.29 is 28.6 Å². The summed E-state index contributed by atoms with van der Waals surface area (Å²) < 4.78 is 16.9. The van der Waals surface area contributed by atoms with Gasteiger partial charge in [0.1, 0.15) is 13.2 Å². The first-order valence-electron chi connectivity index (χ1n) is 29.2. The van der Waals surface area contributed by atoms with E-state index < -0.39 is 6.10 Å². The number of hydrogen-bond acceptors (Lipinski definition) is 6. The molecule has 0 aromatic carbocycles. The van der Waals surface area contributed by atoms with Crippen molar-refractivity contribution in [1.29, 1.82) is 0 Å². The number of unbranched alkanes of at least 4 members (excludes halogenated alkanes) is 33. The number of allylic oxidation sites excluding steroid dienone is 14. The van der Waals surface area contributed by atoms with Gasteiger partial charge in [0.2, 0.25) is 0 Å². The van der Waals surface area contributed by atoms with E-state index in [2.05, 4.69) is 39.0 Å². The van der Waals surface area contributed by atoms with Gasteiger partial charge in [0, 0.05) is 19.3 Å². The fourth-order valence-corrected chi connectivity index (χ4v) is 8.25. The average molecular weight is 962 g/mol. The topological polar surface area (TPSA) is 78.9 Å². The minimum atomic E-state index is -0.793. The first-order valence-corrected chi connectivity index (χ1v) is 29.2. The molecule has 0 N–H and O–H groups in total. The fraction of sp³-hybridized carbons (Fsp3) is 0.730. The first-order chi connectivity index (χ1) is 34.0. The molecule has 0 fully saturated rings. The molecule has 0 amide bonds. The van der Waals surface area contributed by atoms with E-state index in [1.54, 1.807) is 0 Å². The maximum absolute atomic E-state index is 12.9. The zero-order chi connectivity index (χ0) is 50.0. The monoisotopic (exact) mass is 961 g/mol. The van der Waals surface area contributed by atoms with E-state index >= 15 is 0 Å². The van der Waals surface area contributed by atoms with Crippen LogP contribution in [0.15, 0.2) is 85.1 Å². The van der Waals surface area contributed by atoms with E-state index in [9.17, 15) is 14.4 Å². The molecule has 0 aliphatic carbocycles. The van der Waals surface area contributed by atoms with Crippen molar-refractivity contribution in [3.8, 4) is 0 Å². The third-order valence-corrected chi connectivity index (χ3v) is 12.6. The molecule has 6 heteroatoms. The first kappa shape index (κ1) is 65.6. The Morgan fingerprint density at radius 2 is 0.565 bits per heavy atom. The van der Waals surface area contributed by atoms with Crippen molar-refractivity contribution in [2.75, 3.05) is 13.2 Å².